The molecule has 1 rings (SSSR count). The third kappa shape index (κ3) is 1.83. The quantitative estimate of drug-likeness (QED) is 0.455. The van der Waals surface area contributed by atoms with Gasteiger partial charge < -0.3 is 0 Å². The predicted octanol–water partition coefficient (Wildman–Crippen LogP) is 3.23. The second kappa shape index (κ2) is 2.73. The molecule has 1 aliphatic carbocycles. The van der Waals surface area contributed by atoms with Crippen LogP contribution in [0, 0.1) is 0 Å². The summed E-state index contributed by atoms with van der Waals surface area (Å²) in [5.74, 6) is 0. The van der Waals surface area contributed by atoms with Crippen LogP contribution >= 0.6 is 0 Å². The van der Waals surface area contributed by atoms with Crippen LogP contribution in [0.15, 0.2) is 11.6 Å². The van der Waals surface area contributed by atoms with Crippen LogP contribution in [-0.2, 0) is 0 Å². The summed E-state index contributed by atoms with van der Waals surface area (Å²) in [6, 6.07) is 0. The van der Waals surface area contributed by atoms with Gasteiger partial charge in [-0.2, -0.15) is 0 Å². The summed E-state index contributed by atoms with van der Waals surface area (Å²) >= 11 is 0. The Morgan fingerprint density at radius 3 is 2.30 bits per heavy atom. The van der Waals surface area contributed by atoms with Crippen molar-refractivity contribution in [2.24, 2.45) is 0 Å². The maximum Gasteiger partial charge on any atom is 0.108 e. The van der Waals surface area contributed by atoms with Crippen LogP contribution in [0.1, 0.15) is 39.5 Å². The van der Waals surface area contributed by atoms with E-state index in [0.29, 0.717) is 12.8 Å². The lowest BCUT2D eigenvalue weighted by Gasteiger charge is -2.26. The first kappa shape index (κ1) is 7.77. The second-order valence-electron chi connectivity index (χ2n) is 3.36. The van der Waals surface area contributed by atoms with E-state index < -0.39 is 5.67 Å². The summed E-state index contributed by atoms with van der Waals surface area (Å²) in [5, 5.41) is 0. The molecule has 0 saturated heterocycles. The zero-order valence-electron chi connectivity index (χ0n) is 6.78. The highest BCUT2D eigenvalue weighted by Crippen LogP contribution is 2.33. The van der Waals surface area contributed by atoms with Gasteiger partial charge in [0.25, 0.3) is 0 Å². The lowest BCUT2D eigenvalue weighted by atomic mass is 9.85. The van der Waals surface area contributed by atoms with Crippen LogP contribution in [-0.4, -0.2) is 5.67 Å². The molecule has 0 N–H and O–H groups in total. The Kier molecular flexibility index (Phi) is 2.12. The largest absolute Gasteiger partial charge is 0.244 e. The Labute approximate surface area is 62.1 Å². The van der Waals surface area contributed by atoms with Crippen molar-refractivity contribution in [3.05, 3.63) is 11.6 Å². The number of alkyl halides is 1. The molecule has 0 aromatic rings. The van der Waals surface area contributed by atoms with Crippen molar-refractivity contribution in [3.8, 4) is 0 Å². The maximum absolute atomic E-state index is 13.2. The molecule has 1 aliphatic rings. The number of hydrogen-bond donors (Lipinski definition) is 0. The smallest absolute Gasteiger partial charge is 0.108 e. The van der Waals surface area contributed by atoms with Crippen LogP contribution in [0.2, 0.25) is 0 Å². The molecule has 0 atom stereocenters. The van der Waals surface area contributed by atoms with E-state index in [1.807, 2.05) is 6.92 Å². The van der Waals surface area contributed by atoms with Crippen molar-refractivity contribution in [2.45, 2.75) is 45.2 Å². The molecule has 1 fully saturated rings. The van der Waals surface area contributed by atoms with Gasteiger partial charge in [-0.1, -0.05) is 11.6 Å². The predicted molar refractivity (Wildman–Crippen MR) is 41.7 cm³/mol. The Hall–Kier alpha value is -0.330. The lowest BCUT2D eigenvalue weighted by Crippen LogP contribution is -2.22. The number of allylic oxidation sites excluding steroid dienone is 2. The molecule has 0 nitrogen and oxygen atoms in total. The van der Waals surface area contributed by atoms with Gasteiger partial charge in [0.2, 0.25) is 0 Å². The minimum atomic E-state index is -0.882. The van der Waals surface area contributed by atoms with Crippen molar-refractivity contribution in [1.82, 2.24) is 0 Å². The topological polar surface area (TPSA) is 0 Å². The number of rotatable bonds is 0. The van der Waals surface area contributed by atoms with E-state index in [0.717, 1.165) is 12.8 Å². The maximum atomic E-state index is 13.2. The average Bonchev–Trinajstić information content (AvgIpc) is 1.88. The molecule has 1 heteroatoms. The molecule has 58 valence electrons. The third-order valence-electron chi connectivity index (χ3n) is 2.34. The van der Waals surface area contributed by atoms with E-state index in [1.54, 1.807) is 6.92 Å². The molecule has 0 amide bonds. The highest BCUT2D eigenvalue weighted by atomic mass is 19.1. The standard InChI is InChI=1S/C9H15F/c1-3-8-4-6-9(2,10)7-5-8/h3H,4-7H2,1-2H3. The highest BCUT2D eigenvalue weighted by Gasteiger charge is 2.26. The van der Waals surface area contributed by atoms with Gasteiger partial charge in [0, 0.05) is 0 Å². The molecule has 0 unspecified atom stereocenters. The lowest BCUT2D eigenvalue weighted by molar-refractivity contribution is 0.146. The van der Waals surface area contributed by atoms with E-state index in [9.17, 15) is 4.39 Å². The van der Waals surface area contributed by atoms with E-state index in [-0.39, 0.29) is 0 Å². The van der Waals surface area contributed by atoms with Crippen molar-refractivity contribution in [1.29, 1.82) is 0 Å². The van der Waals surface area contributed by atoms with Gasteiger partial charge in [0.1, 0.15) is 5.67 Å². The molecule has 0 aromatic heterocycles. The Morgan fingerprint density at radius 2 is 1.90 bits per heavy atom. The summed E-state index contributed by atoms with van der Waals surface area (Å²) in [6.45, 7) is 3.75. The third-order valence-corrected chi connectivity index (χ3v) is 2.34. The van der Waals surface area contributed by atoms with Gasteiger partial charge in [0.05, 0.1) is 0 Å². The summed E-state index contributed by atoms with van der Waals surface area (Å²) < 4.78 is 13.2. The fraction of sp³-hybridized carbons (Fsp3) is 0.778. The van der Waals surface area contributed by atoms with E-state index >= 15 is 0 Å². The van der Waals surface area contributed by atoms with Crippen molar-refractivity contribution in [3.63, 3.8) is 0 Å². The first-order valence-corrected chi connectivity index (χ1v) is 3.97. The molecule has 0 spiro atoms. The van der Waals surface area contributed by atoms with Gasteiger partial charge >= 0.3 is 0 Å². The van der Waals surface area contributed by atoms with Crippen LogP contribution in [0.25, 0.3) is 0 Å². The van der Waals surface area contributed by atoms with Crippen molar-refractivity contribution < 1.29 is 4.39 Å². The minimum absolute atomic E-state index is 0.715. The van der Waals surface area contributed by atoms with Gasteiger partial charge in [-0.3, -0.25) is 0 Å². The fourth-order valence-electron chi connectivity index (χ4n) is 1.38. The van der Waals surface area contributed by atoms with Gasteiger partial charge in [-0.15, -0.1) is 0 Å². The van der Waals surface area contributed by atoms with E-state index in [1.165, 1.54) is 5.57 Å². The van der Waals surface area contributed by atoms with Crippen LogP contribution < -0.4 is 0 Å². The number of hydrogen-bond acceptors (Lipinski definition) is 0. The minimum Gasteiger partial charge on any atom is -0.244 e. The van der Waals surface area contributed by atoms with Gasteiger partial charge in [-0.05, 0) is 39.5 Å². The summed E-state index contributed by atoms with van der Waals surface area (Å²) in [7, 11) is 0. The fourth-order valence-corrected chi connectivity index (χ4v) is 1.38. The van der Waals surface area contributed by atoms with E-state index in [4.69, 9.17) is 0 Å². The molecule has 0 radical (unpaired) electrons. The number of halogens is 1. The SMILES string of the molecule is CC=C1CCC(C)(F)CC1. The first-order chi connectivity index (χ1) is 4.64. The normalized spacial score (nSPS) is 34.1. The van der Waals surface area contributed by atoms with Crippen LogP contribution in [0.4, 0.5) is 4.39 Å². The zero-order valence-corrected chi connectivity index (χ0v) is 6.78. The van der Waals surface area contributed by atoms with Crippen LogP contribution in [0.5, 0.6) is 0 Å². The molecular weight excluding hydrogens is 127 g/mol. The Bertz CT molecular complexity index is 133. The van der Waals surface area contributed by atoms with E-state index in [2.05, 4.69) is 6.08 Å². The summed E-state index contributed by atoms with van der Waals surface area (Å²) in [6.07, 6.45) is 5.47. The molecular formula is C9H15F. The summed E-state index contributed by atoms with van der Waals surface area (Å²) in [4.78, 5) is 0. The second-order valence-corrected chi connectivity index (χ2v) is 3.36. The molecule has 0 heterocycles. The van der Waals surface area contributed by atoms with Gasteiger partial charge in [0.15, 0.2) is 0 Å². The molecule has 1 saturated carbocycles. The first-order valence-electron chi connectivity index (χ1n) is 3.97. The van der Waals surface area contributed by atoms with Crippen molar-refractivity contribution >= 4 is 0 Å². The van der Waals surface area contributed by atoms with Crippen LogP contribution in [0.3, 0.4) is 0 Å². The average molecular weight is 142 g/mol. The Balaban J connectivity index is 2.46. The summed E-state index contributed by atoms with van der Waals surface area (Å²) in [5.41, 5.74) is 0.544. The molecule has 0 bridgehead atoms. The highest BCUT2D eigenvalue weighted by molar-refractivity contribution is 5.06. The van der Waals surface area contributed by atoms with Gasteiger partial charge in [-0.25, -0.2) is 4.39 Å². The molecule has 0 aliphatic heterocycles. The monoisotopic (exact) mass is 142 g/mol. The molecule has 0 aromatic carbocycles. The molecule has 10 heavy (non-hydrogen) atoms. The zero-order chi connectivity index (χ0) is 7.61. The van der Waals surface area contributed by atoms with Crippen molar-refractivity contribution in [2.75, 3.05) is 0 Å². The Morgan fingerprint density at radius 1 is 1.40 bits per heavy atom.